The van der Waals surface area contributed by atoms with Crippen LogP contribution >= 0.6 is 0 Å². The Morgan fingerprint density at radius 2 is 2.12 bits per heavy atom. The summed E-state index contributed by atoms with van der Waals surface area (Å²) in [4.78, 5) is 23.0. The molecule has 1 aliphatic heterocycles. The summed E-state index contributed by atoms with van der Waals surface area (Å²) in [5.74, 6) is 0.760. The molecular formula is C17H16FN5O2. The monoisotopic (exact) mass is 341 g/mol. The number of aromatic nitrogens is 4. The number of hydrogen-bond acceptors (Lipinski definition) is 5. The van der Waals surface area contributed by atoms with Crippen LogP contribution in [0.25, 0.3) is 5.69 Å². The minimum atomic E-state index is -0.325. The van der Waals surface area contributed by atoms with Gasteiger partial charge in [-0.25, -0.2) is 9.37 Å². The SMILES string of the molecule is Cc1noc(C2CCN(C(=O)c3cncn3-c3ccc(F)cc3)C2)n1. The maximum Gasteiger partial charge on any atom is 0.272 e. The van der Waals surface area contributed by atoms with Crippen LogP contribution in [0.15, 0.2) is 41.3 Å². The first kappa shape index (κ1) is 15.5. The summed E-state index contributed by atoms with van der Waals surface area (Å²) in [6.45, 7) is 2.90. The van der Waals surface area contributed by atoms with Crippen LogP contribution in [0.2, 0.25) is 0 Å². The minimum Gasteiger partial charge on any atom is -0.339 e. The van der Waals surface area contributed by atoms with E-state index < -0.39 is 0 Å². The van der Waals surface area contributed by atoms with Crippen molar-refractivity contribution >= 4 is 5.91 Å². The second-order valence-electron chi connectivity index (χ2n) is 6.04. The second kappa shape index (κ2) is 6.12. The molecule has 1 aromatic carbocycles. The molecule has 25 heavy (non-hydrogen) atoms. The third kappa shape index (κ3) is 2.90. The predicted molar refractivity (Wildman–Crippen MR) is 85.8 cm³/mol. The van der Waals surface area contributed by atoms with Crippen LogP contribution in [0.3, 0.4) is 0 Å². The standard InChI is InChI=1S/C17H16FN5O2/c1-11-20-16(25-21-11)12-6-7-22(9-12)17(24)15-8-19-10-23(15)14-4-2-13(18)3-5-14/h2-5,8,10,12H,6-7,9H2,1H3. The lowest BCUT2D eigenvalue weighted by atomic mass is 10.1. The number of carbonyl (C=O) groups excluding carboxylic acids is 1. The largest absolute Gasteiger partial charge is 0.339 e. The van der Waals surface area contributed by atoms with Crippen LogP contribution < -0.4 is 0 Å². The van der Waals surface area contributed by atoms with Crippen molar-refractivity contribution in [1.82, 2.24) is 24.6 Å². The fourth-order valence-electron chi connectivity index (χ4n) is 3.05. The molecule has 1 atom stereocenters. The Morgan fingerprint density at radius 1 is 1.32 bits per heavy atom. The zero-order valence-electron chi connectivity index (χ0n) is 13.6. The van der Waals surface area contributed by atoms with Crippen molar-refractivity contribution in [2.75, 3.05) is 13.1 Å². The van der Waals surface area contributed by atoms with E-state index in [-0.39, 0.29) is 17.6 Å². The summed E-state index contributed by atoms with van der Waals surface area (Å²) in [5.41, 5.74) is 1.12. The molecule has 3 aromatic rings. The van der Waals surface area contributed by atoms with E-state index in [4.69, 9.17) is 4.52 Å². The number of carbonyl (C=O) groups is 1. The molecule has 0 radical (unpaired) electrons. The van der Waals surface area contributed by atoms with Crippen molar-refractivity contribution in [2.45, 2.75) is 19.3 Å². The topological polar surface area (TPSA) is 77.0 Å². The van der Waals surface area contributed by atoms with Gasteiger partial charge in [0.15, 0.2) is 5.82 Å². The minimum absolute atomic E-state index is 0.0485. The summed E-state index contributed by atoms with van der Waals surface area (Å²) < 4.78 is 20.0. The van der Waals surface area contributed by atoms with Gasteiger partial charge in [-0.3, -0.25) is 9.36 Å². The number of amides is 1. The molecule has 3 heterocycles. The van der Waals surface area contributed by atoms with Crippen molar-refractivity contribution < 1.29 is 13.7 Å². The van der Waals surface area contributed by atoms with E-state index in [1.165, 1.54) is 18.3 Å². The highest BCUT2D eigenvalue weighted by Crippen LogP contribution is 2.27. The van der Waals surface area contributed by atoms with Gasteiger partial charge in [0.05, 0.1) is 18.4 Å². The van der Waals surface area contributed by atoms with E-state index in [1.807, 2.05) is 0 Å². The fourth-order valence-corrected chi connectivity index (χ4v) is 3.05. The molecule has 0 saturated carbocycles. The molecule has 1 unspecified atom stereocenters. The molecule has 128 valence electrons. The van der Waals surface area contributed by atoms with Gasteiger partial charge in [0.25, 0.3) is 5.91 Å². The lowest BCUT2D eigenvalue weighted by Gasteiger charge is -2.17. The Bertz CT molecular complexity index is 902. The molecule has 2 aromatic heterocycles. The lowest BCUT2D eigenvalue weighted by molar-refractivity contribution is 0.0781. The number of rotatable bonds is 3. The third-order valence-electron chi connectivity index (χ3n) is 4.33. The molecule has 0 bridgehead atoms. The number of benzene rings is 1. The average Bonchev–Trinajstić information content (AvgIpc) is 3.35. The van der Waals surface area contributed by atoms with Gasteiger partial charge in [0, 0.05) is 18.8 Å². The summed E-state index contributed by atoms with van der Waals surface area (Å²) >= 11 is 0. The molecule has 4 rings (SSSR count). The van der Waals surface area contributed by atoms with Gasteiger partial charge < -0.3 is 9.42 Å². The van der Waals surface area contributed by atoms with Gasteiger partial charge in [-0.05, 0) is 37.6 Å². The molecule has 8 heteroatoms. The van der Waals surface area contributed by atoms with Crippen LogP contribution in [0.1, 0.15) is 34.5 Å². The zero-order valence-corrected chi connectivity index (χ0v) is 13.6. The number of imidazole rings is 1. The van der Waals surface area contributed by atoms with E-state index in [0.717, 1.165) is 6.42 Å². The van der Waals surface area contributed by atoms with Crippen molar-refractivity contribution in [3.63, 3.8) is 0 Å². The Morgan fingerprint density at radius 3 is 2.84 bits per heavy atom. The van der Waals surface area contributed by atoms with Crippen LogP contribution in [-0.2, 0) is 0 Å². The van der Waals surface area contributed by atoms with Crippen molar-refractivity contribution in [2.24, 2.45) is 0 Å². The Balaban J connectivity index is 1.54. The molecule has 7 nitrogen and oxygen atoms in total. The fraction of sp³-hybridized carbons (Fsp3) is 0.294. The van der Waals surface area contributed by atoms with Crippen molar-refractivity contribution in [3.8, 4) is 5.69 Å². The highest BCUT2D eigenvalue weighted by molar-refractivity contribution is 5.93. The first-order valence-corrected chi connectivity index (χ1v) is 7.99. The lowest BCUT2D eigenvalue weighted by Crippen LogP contribution is -2.30. The summed E-state index contributed by atoms with van der Waals surface area (Å²) in [5, 5.41) is 3.81. The number of aryl methyl sites for hydroxylation is 1. The summed E-state index contributed by atoms with van der Waals surface area (Å²) in [6, 6.07) is 5.93. The Kier molecular flexibility index (Phi) is 3.79. The van der Waals surface area contributed by atoms with Gasteiger partial charge in [0.2, 0.25) is 5.89 Å². The van der Waals surface area contributed by atoms with Crippen LogP contribution in [-0.4, -0.2) is 43.6 Å². The first-order chi connectivity index (χ1) is 12.1. The van der Waals surface area contributed by atoms with Gasteiger partial charge in [-0.2, -0.15) is 4.98 Å². The van der Waals surface area contributed by atoms with E-state index >= 15 is 0 Å². The van der Waals surface area contributed by atoms with Crippen LogP contribution in [0.5, 0.6) is 0 Å². The van der Waals surface area contributed by atoms with Crippen molar-refractivity contribution in [3.05, 3.63) is 60.0 Å². The maximum absolute atomic E-state index is 13.1. The van der Waals surface area contributed by atoms with E-state index in [2.05, 4.69) is 15.1 Å². The van der Waals surface area contributed by atoms with Gasteiger partial charge in [-0.15, -0.1) is 0 Å². The zero-order chi connectivity index (χ0) is 17.4. The maximum atomic E-state index is 13.1. The highest BCUT2D eigenvalue weighted by atomic mass is 19.1. The molecule has 0 aliphatic carbocycles. The van der Waals surface area contributed by atoms with E-state index in [9.17, 15) is 9.18 Å². The first-order valence-electron chi connectivity index (χ1n) is 7.99. The highest BCUT2D eigenvalue weighted by Gasteiger charge is 2.32. The van der Waals surface area contributed by atoms with Gasteiger partial charge in [0.1, 0.15) is 11.5 Å². The van der Waals surface area contributed by atoms with Gasteiger partial charge in [-0.1, -0.05) is 5.16 Å². The number of hydrogen-bond donors (Lipinski definition) is 0. The third-order valence-corrected chi connectivity index (χ3v) is 4.33. The van der Waals surface area contributed by atoms with Crippen LogP contribution in [0.4, 0.5) is 4.39 Å². The van der Waals surface area contributed by atoms with Crippen LogP contribution in [0, 0.1) is 12.7 Å². The molecule has 0 N–H and O–H groups in total. The summed E-state index contributed by atoms with van der Waals surface area (Å²) in [6.07, 6.45) is 3.85. The second-order valence-corrected chi connectivity index (χ2v) is 6.04. The number of likely N-dealkylation sites (tertiary alicyclic amines) is 1. The molecule has 1 saturated heterocycles. The molecule has 0 spiro atoms. The molecule has 1 aliphatic rings. The Labute approximate surface area is 143 Å². The van der Waals surface area contributed by atoms with E-state index in [1.54, 1.807) is 34.9 Å². The normalized spacial score (nSPS) is 17.2. The van der Waals surface area contributed by atoms with E-state index in [0.29, 0.717) is 36.2 Å². The smallest absolute Gasteiger partial charge is 0.272 e. The van der Waals surface area contributed by atoms with Gasteiger partial charge >= 0.3 is 0 Å². The quantitative estimate of drug-likeness (QED) is 0.731. The molecule has 1 amide bonds. The number of halogens is 1. The number of nitrogens with zero attached hydrogens (tertiary/aromatic N) is 5. The Hall–Kier alpha value is -3.03. The summed E-state index contributed by atoms with van der Waals surface area (Å²) in [7, 11) is 0. The molecular weight excluding hydrogens is 325 g/mol. The molecule has 1 fully saturated rings. The van der Waals surface area contributed by atoms with Crippen molar-refractivity contribution in [1.29, 1.82) is 0 Å². The average molecular weight is 341 g/mol. The predicted octanol–water partition coefficient (Wildman–Crippen LogP) is 2.33.